The Bertz CT molecular complexity index is 71.3. The average molecular weight is 150 g/mol. The minimum absolute atomic E-state index is 0. The number of halogens is 1. The van der Waals surface area contributed by atoms with E-state index in [2.05, 4.69) is 18.9 Å². The predicted molar refractivity (Wildman–Crippen MR) is 43.2 cm³/mol. The lowest BCUT2D eigenvalue weighted by Crippen LogP contribution is -2.20. The molecule has 0 aromatic rings. The van der Waals surface area contributed by atoms with E-state index in [0.29, 0.717) is 0 Å². The summed E-state index contributed by atoms with van der Waals surface area (Å²) in [6.07, 6.45) is 4.18. The lowest BCUT2D eigenvalue weighted by atomic mass is 10.4. The molecule has 0 aromatic heterocycles. The molecule has 0 bridgehead atoms. The third kappa shape index (κ3) is 3.07. The van der Waals surface area contributed by atoms with Crippen molar-refractivity contribution in [3.8, 4) is 0 Å². The van der Waals surface area contributed by atoms with Crippen molar-refractivity contribution in [1.82, 2.24) is 4.90 Å². The van der Waals surface area contributed by atoms with Crippen LogP contribution in [0.5, 0.6) is 0 Å². The minimum atomic E-state index is 0. The summed E-state index contributed by atoms with van der Waals surface area (Å²) in [7, 11) is 2.22. The van der Waals surface area contributed by atoms with Crippen molar-refractivity contribution in [2.24, 2.45) is 0 Å². The van der Waals surface area contributed by atoms with Crippen LogP contribution in [0.3, 0.4) is 0 Å². The van der Waals surface area contributed by atoms with Gasteiger partial charge in [0.1, 0.15) is 0 Å². The molecule has 0 heterocycles. The zero-order chi connectivity index (χ0) is 5.98. The van der Waals surface area contributed by atoms with Crippen LogP contribution in [0.15, 0.2) is 0 Å². The molecule has 1 aliphatic rings. The molecule has 0 unspecified atom stereocenters. The molecule has 1 fully saturated rings. The Kier molecular flexibility index (Phi) is 4.24. The number of rotatable bonds is 3. The summed E-state index contributed by atoms with van der Waals surface area (Å²) in [5.41, 5.74) is 0. The molecule has 56 valence electrons. The van der Waals surface area contributed by atoms with E-state index in [1.165, 1.54) is 25.8 Å². The maximum atomic E-state index is 2.46. The molecule has 2 heteroatoms. The smallest absolute Gasteiger partial charge is 0.00933 e. The van der Waals surface area contributed by atoms with E-state index in [1.807, 2.05) is 0 Å². The lowest BCUT2D eigenvalue weighted by Gasteiger charge is -2.12. The summed E-state index contributed by atoms with van der Waals surface area (Å²) < 4.78 is 0. The summed E-state index contributed by atoms with van der Waals surface area (Å²) in [5.74, 6) is 0. The Hall–Kier alpha value is 0.250. The Morgan fingerprint density at radius 2 is 2.00 bits per heavy atom. The average Bonchev–Trinajstić information content (AvgIpc) is 2.45. The molecule has 0 amide bonds. The summed E-state index contributed by atoms with van der Waals surface area (Å²) in [6.45, 7) is 3.52. The maximum Gasteiger partial charge on any atom is 0.00933 e. The molecule has 0 spiro atoms. The topological polar surface area (TPSA) is 3.24 Å². The van der Waals surface area contributed by atoms with Crippen LogP contribution in [0.2, 0.25) is 0 Å². The van der Waals surface area contributed by atoms with E-state index in [0.717, 1.165) is 6.04 Å². The van der Waals surface area contributed by atoms with Crippen LogP contribution in [-0.4, -0.2) is 24.5 Å². The van der Waals surface area contributed by atoms with Gasteiger partial charge in [-0.2, -0.15) is 0 Å². The Morgan fingerprint density at radius 1 is 1.44 bits per heavy atom. The van der Waals surface area contributed by atoms with Crippen LogP contribution >= 0.6 is 12.4 Å². The third-order valence-corrected chi connectivity index (χ3v) is 1.75. The molecule has 0 atom stereocenters. The molecule has 0 saturated heterocycles. The fourth-order valence-corrected chi connectivity index (χ4v) is 1.05. The van der Waals surface area contributed by atoms with Crippen molar-refractivity contribution in [3.63, 3.8) is 0 Å². The van der Waals surface area contributed by atoms with Gasteiger partial charge in [0, 0.05) is 6.04 Å². The van der Waals surface area contributed by atoms with Gasteiger partial charge < -0.3 is 4.90 Å². The van der Waals surface area contributed by atoms with Gasteiger partial charge in [0.15, 0.2) is 0 Å². The molecule has 1 nitrogen and oxygen atoms in total. The molecular weight excluding hydrogens is 134 g/mol. The van der Waals surface area contributed by atoms with E-state index in [4.69, 9.17) is 0 Å². The first-order valence-electron chi connectivity index (χ1n) is 3.55. The zero-order valence-electron chi connectivity index (χ0n) is 6.26. The van der Waals surface area contributed by atoms with Gasteiger partial charge in [-0.3, -0.25) is 0 Å². The Labute approximate surface area is 63.8 Å². The number of hydrogen-bond donors (Lipinski definition) is 0. The van der Waals surface area contributed by atoms with Gasteiger partial charge in [-0.05, 0) is 32.9 Å². The SMILES string of the molecule is CCCN(C)C1CC1.Cl. The summed E-state index contributed by atoms with van der Waals surface area (Å²) in [4.78, 5) is 2.46. The highest BCUT2D eigenvalue weighted by atomic mass is 35.5. The highest BCUT2D eigenvalue weighted by Gasteiger charge is 2.24. The number of nitrogens with zero attached hydrogens (tertiary/aromatic N) is 1. The van der Waals surface area contributed by atoms with E-state index >= 15 is 0 Å². The van der Waals surface area contributed by atoms with E-state index in [-0.39, 0.29) is 12.4 Å². The first-order chi connectivity index (χ1) is 3.84. The van der Waals surface area contributed by atoms with Crippen molar-refractivity contribution in [2.75, 3.05) is 13.6 Å². The Balaban J connectivity index is 0.000000640. The highest BCUT2D eigenvalue weighted by molar-refractivity contribution is 5.85. The van der Waals surface area contributed by atoms with E-state index < -0.39 is 0 Å². The molecule has 0 radical (unpaired) electrons. The normalized spacial score (nSPS) is 17.7. The fraction of sp³-hybridized carbons (Fsp3) is 1.00. The van der Waals surface area contributed by atoms with Gasteiger partial charge in [-0.1, -0.05) is 6.92 Å². The van der Waals surface area contributed by atoms with Crippen LogP contribution in [0.25, 0.3) is 0 Å². The first kappa shape index (κ1) is 9.25. The van der Waals surface area contributed by atoms with Gasteiger partial charge >= 0.3 is 0 Å². The fourth-order valence-electron chi connectivity index (χ4n) is 1.05. The quantitative estimate of drug-likeness (QED) is 0.593. The van der Waals surface area contributed by atoms with Crippen LogP contribution < -0.4 is 0 Å². The standard InChI is InChI=1S/C7H15N.ClH/c1-3-6-8(2)7-4-5-7;/h7H,3-6H2,1-2H3;1H. The summed E-state index contributed by atoms with van der Waals surface area (Å²) >= 11 is 0. The van der Waals surface area contributed by atoms with Gasteiger partial charge in [0.05, 0.1) is 0 Å². The molecule has 1 aliphatic carbocycles. The monoisotopic (exact) mass is 149 g/mol. The minimum Gasteiger partial charge on any atom is -0.303 e. The maximum absolute atomic E-state index is 2.46. The van der Waals surface area contributed by atoms with Gasteiger partial charge in [-0.15, -0.1) is 12.4 Å². The van der Waals surface area contributed by atoms with Gasteiger partial charge in [0.2, 0.25) is 0 Å². The van der Waals surface area contributed by atoms with E-state index in [9.17, 15) is 0 Å². The highest BCUT2D eigenvalue weighted by Crippen LogP contribution is 2.24. The van der Waals surface area contributed by atoms with Crippen LogP contribution in [0.1, 0.15) is 26.2 Å². The second kappa shape index (κ2) is 4.13. The van der Waals surface area contributed by atoms with Crippen molar-refractivity contribution in [3.05, 3.63) is 0 Å². The van der Waals surface area contributed by atoms with Crippen LogP contribution in [0, 0.1) is 0 Å². The summed E-state index contributed by atoms with van der Waals surface area (Å²) in [5, 5.41) is 0. The van der Waals surface area contributed by atoms with Gasteiger partial charge in [0.25, 0.3) is 0 Å². The van der Waals surface area contributed by atoms with Gasteiger partial charge in [-0.25, -0.2) is 0 Å². The second-order valence-electron chi connectivity index (χ2n) is 2.71. The second-order valence-corrected chi connectivity index (χ2v) is 2.71. The third-order valence-electron chi connectivity index (χ3n) is 1.75. The predicted octanol–water partition coefficient (Wildman–Crippen LogP) is 1.91. The van der Waals surface area contributed by atoms with E-state index in [1.54, 1.807) is 0 Å². The van der Waals surface area contributed by atoms with Crippen LogP contribution in [0.4, 0.5) is 0 Å². The van der Waals surface area contributed by atoms with Crippen molar-refractivity contribution < 1.29 is 0 Å². The lowest BCUT2D eigenvalue weighted by molar-refractivity contribution is 0.325. The van der Waals surface area contributed by atoms with Crippen molar-refractivity contribution >= 4 is 12.4 Å². The molecule has 1 rings (SSSR count). The summed E-state index contributed by atoms with van der Waals surface area (Å²) in [6, 6.07) is 0.954. The molecule has 9 heavy (non-hydrogen) atoms. The molecule has 0 N–H and O–H groups in total. The van der Waals surface area contributed by atoms with Crippen molar-refractivity contribution in [1.29, 1.82) is 0 Å². The Morgan fingerprint density at radius 3 is 2.33 bits per heavy atom. The van der Waals surface area contributed by atoms with Crippen LogP contribution in [-0.2, 0) is 0 Å². The molecule has 1 saturated carbocycles. The largest absolute Gasteiger partial charge is 0.303 e. The van der Waals surface area contributed by atoms with Crippen molar-refractivity contribution in [2.45, 2.75) is 32.2 Å². The molecule has 0 aliphatic heterocycles. The first-order valence-corrected chi connectivity index (χ1v) is 3.55. The number of hydrogen-bond acceptors (Lipinski definition) is 1. The zero-order valence-corrected chi connectivity index (χ0v) is 7.08. The molecular formula is C7H16ClN. The molecule has 0 aromatic carbocycles.